The summed E-state index contributed by atoms with van der Waals surface area (Å²) < 4.78 is 0. The number of nitrogens with two attached hydrogens (primary N) is 1. The Bertz CT molecular complexity index is 323. The van der Waals surface area contributed by atoms with Crippen LogP contribution in [0.25, 0.3) is 0 Å². The van der Waals surface area contributed by atoms with E-state index in [1.165, 1.54) is 11.3 Å². The topological polar surface area (TPSA) is 69.2 Å². The minimum atomic E-state index is -0.359. The van der Waals surface area contributed by atoms with Gasteiger partial charge in [-0.15, -0.1) is 0 Å². The predicted molar refractivity (Wildman–Crippen MR) is 46.3 cm³/mol. The molecule has 2 rings (SSSR count). The van der Waals surface area contributed by atoms with Crippen molar-refractivity contribution in [2.45, 2.75) is 18.4 Å². The molecule has 0 unspecified atom stereocenters. The molecule has 1 fully saturated rings. The summed E-state index contributed by atoms with van der Waals surface area (Å²) >= 11 is 1.24. The molecule has 0 bridgehead atoms. The van der Waals surface area contributed by atoms with Gasteiger partial charge in [-0.3, -0.25) is 10.1 Å². The van der Waals surface area contributed by atoms with Gasteiger partial charge in [0.15, 0.2) is 0 Å². The van der Waals surface area contributed by atoms with Crippen LogP contribution in [0.2, 0.25) is 0 Å². The second kappa shape index (κ2) is 2.53. The molecule has 4 nitrogen and oxygen atoms in total. The van der Waals surface area contributed by atoms with Gasteiger partial charge in [-0.05, 0) is 12.5 Å². The van der Waals surface area contributed by atoms with Crippen LogP contribution in [0.1, 0.15) is 17.2 Å². The third-order valence-corrected chi connectivity index (χ3v) is 3.17. The molecular formula is C7H8N2O2S. The van der Waals surface area contributed by atoms with Gasteiger partial charge >= 0.3 is 5.00 Å². The van der Waals surface area contributed by atoms with Crippen molar-refractivity contribution in [1.82, 2.24) is 0 Å². The van der Waals surface area contributed by atoms with E-state index in [2.05, 4.69) is 0 Å². The zero-order valence-corrected chi connectivity index (χ0v) is 7.08. The van der Waals surface area contributed by atoms with Crippen molar-refractivity contribution in [3.63, 3.8) is 0 Å². The van der Waals surface area contributed by atoms with E-state index >= 15 is 0 Å². The molecule has 0 aromatic carbocycles. The van der Waals surface area contributed by atoms with E-state index in [0.29, 0.717) is 5.92 Å². The Morgan fingerprint density at radius 2 is 2.33 bits per heavy atom. The molecular weight excluding hydrogens is 176 g/mol. The van der Waals surface area contributed by atoms with E-state index in [4.69, 9.17) is 5.73 Å². The molecule has 0 aliphatic heterocycles. The molecule has 64 valence electrons. The van der Waals surface area contributed by atoms with Crippen LogP contribution in [0.3, 0.4) is 0 Å². The Kier molecular flexibility index (Phi) is 1.62. The van der Waals surface area contributed by atoms with Crippen molar-refractivity contribution in [3.8, 4) is 0 Å². The highest BCUT2D eigenvalue weighted by molar-refractivity contribution is 7.15. The van der Waals surface area contributed by atoms with Crippen molar-refractivity contribution in [1.29, 1.82) is 0 Å². The van der Waals surface area contributed by atoms with Crippen LogP contribution in [0, 0.1) is 10.1 Å². The lowest BCUT2D eigenvalue weighted by atomic mass is 10.3. The normalized spacial score (nSPS) is 27.1. The maximum absolute atomic E-state index is 10.3. The van der Waals surface area contributed by atoms with Crippen LogP contribution < -0.4 is 5.73 Å². The minimum Gasteiger partial charge on any atom is -0.327 e. The second-order valence-electron chi connectivity index (χ2n) is 2.94. The average molecular weight is 184 g/mol. The van der Waals surface area contributed by atoms with E-state index < -0.39 is 0 Å². The summed E-state index contributed by atoms with van der Waals surface area (Å²) in [6, 6.07) is 3.58. The van der Waals surface area contributed by atoms with E-state index in [9.17, 15) is 10.1 Å². The fourth-order valence-corrected chi connectivity index (χ4v) is 2.19. The van der Waals surface area contributed by atoms with Crippen LogP contribution in [0.5, 0.6) is 0 Å². The number of thiophene rings is 1. The lowest BCUT2D eigenvalue weighted by Gasteiger charge is -1.86. The smallest absolute Gasteiger partial charge is 0.324 e. The summed E-state index contributed by atoms with van der Waals surface area (Å²) in [7, 11) is 0. The lowest BCUT2D eigenvalue weighted by Crippen LogP contribution is -1.99. The summed E-state index contributed by atoms with van der Waals surface area (Å²) in [4.78, 5) is 11.0. The third kappa shape index (κ3) is 1.21. The summed E-state index contributed by atoms with van der Waals surface area (Å²) in [5.74, 6) is 0.378. The molecule has 2 N–H and O–H groups in total. The molecule has 1 aliphatic rings. The Morgan fingerprint density at radius 1 is 1.67 bits per heavy atom. The summed E-state index contributed by atoms with van der Waals surface area (Å²) in [6.45, 7) is 0. The van der Waals surface area contributed by atoms with Gasteiger partial charge in [-0.1, -0.05) is 11.3 Å². The number of nitrogens with zero attached hydrogens (tertiary/aromatic N) is 1. The molecule has 0 radical (unpaired) electrons. The number of rotatable bonds is 2. The average Bonchev–Trinajstić information content (AvgIpc) is 2.59. The first-order valence-electron chi connectivity index (χ1n) is 3.68. The van der Waals surface area contributed by atoms with Gasteiger partial charge in [0.25, 0.3) is 0 Å². The molecule has 0 spiro atoms. The maximum Gasteiger partial charge on any atom is 0.324 e. The van der Waals surface area contributed by atoms with Crippen molar-refractivity contribution >= 4 is 16.3 Å². The van der Waals surface area contributed by atoms with Gasteiger partial charge in [0.05, 0.1) is 4.92 Å². The van der Waals surface area contributed by atoms with Crippen LogP contribution in [0.15, 0.2) is 12.1 Å². The van der Waals surface area contributed by atoms with Crippen LogP contribution in [-0.2, 0) is 0 Å². The second-order valence-corrected chi connectivity index (χ2v) is 4.03. The first-order chi connectivity index (χ1) is 5.68. The van der Waals surface area contributed by atoms with Gasteiger partial charge in [-0.25, -0.2) is 0 Å². The first kappa shape index (κ1) is 7.70. The van der Waals surface area contributed by atoms with Gasteiger partial charge in [0.2, 0.25) is 0 Å². The highest BCUT2D eigenvalue weighted by Crippen LogP contribution is 2.43. The fourth-order valence-electron chi connectivity index (χ4n) is 1.18. The van der Waals surface area contributed by atoms with Crippen molar-refractivity contribution in [3.05, 3.63) is 27.1 Å². The molecule has 1 aliphatic carbocycles. The molecule has 0 saturated heterocycles. The van der Waals surface area contributed by atoms with Crippen LogP contribution in [0.4, 0.5) is 5.00 Å². The molecule has 12 heavy (non-hydrogen) atoms. The Balaban J connectivity index is 2.19. The highest BCUT2D eigenvalue weighted by atomic mass is 32.1. The number of hydrogen-bond donors (Lipinski definition) is 1. The molecule has 5 heteroatoms. The largest absolute Gasteiger partial charge is 0.327 e. The van der Waals surface area contributed by atoms with Crippen LogP contribution >= 0.6 is 11.3 Å². The molecule has 1 aromatic heterocycles. The molecule has 1 heterocycles. The van der Waals surface area contributed by atoms with Crippen LogP contribution in [-0.4, -0.2) is 11.0 Å². The summed E-state index contributed by atoms with van der Waals surface area (Å²) in [5.41, 5.74) is 5.62. The molecule has 0 amide bonds. The quantitative estimate of drug-likeness (QED) is 0.559. The van der Waals surface area contributed by atoms with Gasteiger partial charge in [-0.2, -0.15) is 0 Å². The third-order valence-electron chi connectivity index (χ3n) is 2.00. The maximum atomic E-state index is 10.3. The predicted octanol–water partition coefficient (Wildman–Crippen LogP) is 1.47. The van der Waals surface area contributed by atoms with E-state index in [-0.39, 0.29) is 16.0 Å². The zero-order valence-electron chi connectivity index (χ0n) is 6.27. The SMILES string of the molecule is N[C@@H]1C[C@H]1c1ccc([N+](=O)[O-])s1. The van der Waals surface area contributed by atoms with Gasteiger partial charge in [0, 0.05) is 22.9 Å². The van der Waals surface area contributed by atoms with E-state index in [0.717, 1.165) is 11.3 Å². The standard InChI is InChI=1S/C7H8N2O2S/c8-5-3-4(5)6-1-2-7(12-6)9(10)11/h1-2,4-5H,3,8H2/t4-,5-/m1/s1. The molecule has 2 atom stereocenters. The van der Waals surface area contributed by atoms with E-state index in [1.807, 2.05) is 0 Å². The summed E-state index contributed by atoms with van der Waals surface area (Å²) in [5, 5.41) is 10.5. The summed E-state index contributed by atoms with van der Waals surface area (Å²) in [6.07, 6.45) is 0.970. The van der Waals surface area contributed by atoms with Crippen molar-refractivity contribution in [2.75, 3.05) is 0 Å². The lowest BCUT2D eigenvalue weighted by molar-refractivity contribution is -0.380. The minimum absolute atomic E-state index is 0.212. The van der Waals surface area contributed by atoms with Gasteiger partial charge in [0.1, 0.15) is 0 Å². The highest BCUT2D eigenvalue weighted by Gasteiger charge is 2.36. The monoisotopic (exact) mass is 184 g/mol. The Hall–Kier alpha value is -0.940. The Labute approximate surface area is 73.2 Å². The van der Waals surface area contributed by atoms with Crippen molar-refractivity contribution < 1.29 is 4.92 Å². The fraction of sp³-hybridized carbons (Fsp3) is 0.429. The van der Waals surface area contributed by atoms with E-state index in [1.54, 1.807) is 12.1 Å². The Morgan fingerprint density at radius 3 is 2.75 bits per heavy atom. The van der Waals surface area contributed by atoms with Crippen molar-refractivity contribution in [2.24, 2.45) is 5.73 Å². The zero-order chi connectivity index (χ0) is 8.72. The molecule has 1 aromatic rings. The molecule has 1 saturated carbocycles. The number of nitro groups is 1. The number of hydrogen-bond acceptors (Lipinski definition) is 4. The van der Waals surface area contributed by atoms with Gasteiger partial charge < -0.3 is 5.73 Å². The first-order valence-corrected chi connectivity index (χ1v) is 4.50.